The molecular weight excluding hydrogens is 326 g/mol. The van der Waals surface area contributed by atoms with E-state index < -0.39 is 10.0 Å². The van der Waals surface area contributed by atoms with Crippen molar-refractivity contribution in [3.05, 3.63) is 40.5 Å². The Morgan fingerprint density at radius 2 is 2.14 bits per heavy atom. The lowest BCUT2D eigenvalue weighted by Gasteiger charge is -2.17. The van der Waals surface area contributed by atoms with Crippen LogP contribution in [0.15, 0.2) is 27.6 Å². The van der Waals surface area contributed by atoms with Crippen LogP contribution in [0.25, 0.3) is 0 Å². The molecule has 22 heavy (non-hydrogen) atoms. The third kappa shape index (κ3) is 2.76. The number of benzene rings is 1. The summed E-state index contributed by atoms with van der Waals surface area (Å²) in [5.41, 5.74) is 0.643. The van der Waals surface area contributed by atoms with Gasteiger partial charge in [-0.1, -0.05) is 16.8 Å². The van der Waals surface area contributed by atoms with E-state index in [1.807, 2.05) is 0 Å². The molecule has 0 amide bonds. The first-order valence-electron chi connectivity index (χ1n) is 6.94. The summed E-state index contributed by atoms with van der Waals surface area (Å²) < 4.78 is 32.1. The van der Waals surface area contributed by atoms with Crippen molar-refractivity contribution in [3.63, 3.8) is 0 Å². The zero-order valence-electron chi connectivity index (χ0n) is 12.3. The van der Waals surface area contributed by atoms with Gasteiger partial charge in [0.15, 0.2) is 5.82 Å². The summed E-state index contributed by atoms with van der Waals surface area (Å²) in [4.78, 5) is 4.49. The van der Waals surface area contributed by atoms with Crippen molar-refractivity contribution < 1.29 is 12.9 Å². The normalized spacial score (nSPS) is 19.7. The van der Waals surface area contributed by atoms with Crippen molar-refractivity contribution in [1.29, 1.82) is 0 Å². The molecule has 1 saturated heterocycles. The van der Waals surface area contributed by atoms with E-state index in [0.29, 0.717) is 46.7 Å². The van der Waals surface area contributed by atoms with E-state index in [2.05, 4.69) is 10.1 Å². The van der Waals surface area contributed by atoms with Gasteiger partial charge in [-0.15, -0.1) is 0 Å². The standard InChI is InChI=1S/C14H16ClN3O3S/c1-9-7-12(15)3-4-13(9)22(19,20)18-6-5-11(8-18)14-16-10(2)17-21-14/h3-4,7,11H,5-6,8H2,1-2H3/t11-/m1/s1. The Hall–Kier alpha value is -1.44. The van der Waals surface area contributed by atoms with Crippen molar-refractivity contribution in [1.82, 2.24) is 14.4 Å². The number of hydrogen-bond donors (Lipinski definition) is 0. The number of aromatic nitrogens is 2. The molecule has 1 aliphatic heterocycles. The largest absolute Gasteiger partial charge is 0.339 e. The molecule has 8 heteroatoms. The summed E-state index contributed by atoms with van der Waals surface area (Å²) in [6.07, 6.45) is 0.674. The van der Waals surface area contributed by atoms with Gasteiger partial charge in [0.25, 0.3) is 0 Å². The van der Waals surface area contributed by atoms with Gasteiger partial charge in [-0.2, -0.15) is 9.29 Å². The van der Waals surface area contributed by atoms with Crippen LogP contribution in [0.5, 0.6) is 0 Å². The summed E-state index contributed by atoms with van der Waals surface area (Å²) in [6.45, 7) is 4.28. The first-order chi connectivity index (χ1) is 10.4. The second-order valence-corrected chi connectivity index (χ2v) is 7.78. The molecule has 0 bridgehead atoms. The van der Waals surface area contributed by atoms with Crippen molar-refractivity contribution in [2.24, 2.45) is 0 Å². The predicted molar refractivity (Wildman–Crippen MR) is 81.3 cm³/mol. The second kappa shape index (κ2) is 5.64. The van der Waals surface area contributed by atoms with Crippen LogP contribution in [0.4, 0.5) is 0 Å². The van der Waals surface area contributed by atoms with Gasteiger partial charge in [0.1, 0.15) is 0 Å². The Morgan fingerprint density at radius 1 is 1.36 bits per heavy atom. The fourth-order valence-electron chi connectivity index (χ4n) is 2.67. The zero-order chi connectivity index (χ0) is 15.9. The highest BCUT2D eigenvalue weighted by molar-refractivity contribution is 7.89. The van der Waals surface area contributed by atoms with Crippen molar-refractivity contribution in [3.8, 4) is 0 Å². The Kier molecular flexibility index (Phi) is 3.96. The number of halogens is 1. The van der Waals surface area contributed by atoms with Gasteiger partial charge in [0, 0.05) is 18.1 Å². The molecule has 0 radical (unpaired) electrons. The van der Waals surface area contributed by atoms with Crippen LogP contribution < -0.4 is 0 Å². The van der Waals surface area contributed by atoms with Crippen LogP contribution in [0.3, 0.4) is 0 Å². The molecule has 1 aromatic heterocycles. The van der Waals surface area contributed by atoms with Gasteiger partial charge in [-0.05, 0) is 44.0 Å². The molecular formula is C14H16ClN3O3S. The van der Waals surface area contributed by atoms with E-state index in [0.717, 1.165) is 0 Å². The molecule has 1 fully saturated rings. The van der Waals surface area contributed by atoms with Gasteiger partial charge >= 0.3 is 0 Å². The molecule has 118 valence electrons. The minimum absolute atomic E-state index is 0.0522. The topological polar surface area (TPSA) is 76.3 Å². The zero-order valence-corrected chi connectivity index (χ0v) is 13.9. The molecule has 3 rings (SSSR count). The number of aryl methyl sites for hydroxylation is 2. The van der Waals surface area contributed by atoms with Gasteiger partial charge in [0.05, 0.1) is 10.8 Å². The van der Waals surface area contributed by atoms with Gasteiger partial charge in [0.2, 0.25) is 15.9 Å². The maximum atomic E-state index is 12.8. The van der Waals surface area contributed by atoms with E-state index in [1.54, 1.807) is 32.0 Å². The number of hydrogen-bond acceptors (Lipinski definition) is 5. The van der Waals surface area contributed by atoms with Crippen LogP contribution >= 0.6 is 11.6 Å². The summed E-state index contributed by atoms with van der Waals surface area (Å²) in [5.74, 6) is 1.01. The SMILES string of the molecule is Cc1noc([C@@H]2CCN(S(=O)(=O)c3ccc(Cl)cc3C)C2)n1. The van der Waals surface area contributed by atoms with E-state index >= 15 is 0 Å². The van der Waals surface area contributed by atoms with E-state index in [9.17, 15) is 8.42 Å². The number of sulfonamides is 1. The molecule has 6 nitrogen and oxygen atoms in total. The fraction of sp³-hybridized carbons (Fsp3) is 0.429. The average molecular weight is 342 g/mol. The number of nitrogens with zero attached hydrogens (tertiary/aromatic N) is 3. The van der Waals surface area contributed by atoms with Crippen LogP contribution in [-0.2, 0) is 10.0 Å². The van der Waals surface area contributed by atoms with Crippen molar-refractivity contribution in [2.75, 3.05) is 13.1 Å². The third-order valence-electron chi connectivity index (χ3n) is 3.80. The Morgan fingerprint density at radius 3 is 2.77 bits per heavy atom. The molecule has 1 aromatic carbocycles. The van der Waals surface area contributed by atoms with E-state index in [-0.39, 0.29) is 5.92 Å². The Bertz CT molecular complexity index is 803. The summed E-state index contributed by atoms with van der Waals surface area (Å²) in [7, 11) is -3.54. The van der Waals surface area contributed by atoms with E-state index in [1.165, 1.54) is 4.31 Å². The van der Waals surface area contributed by atoms with Crippen LogP contribution in [-0.4, -0.2) is 36.0 Å². The van der Waals surface area contributed by atoms with E-state index in [4.69, 9.17) is 16.1 Å². The lowest BCUT2D eigenvalue weighted by Crippen LogP contribution is -2.29. The molecule has 0 unspecified atom stereocenters. The average Bonchev–Trinajstić information content (AvgIpc) is 3.06. The second-order valence-electron chi connectivity index (χ2n) is 5.44. The van der Waals surface area contributed by atoms with Crippen molar-refractivity contribution >= 4 is 21.6 Å². The van der Waals surface area contributed by atoms with Crippen molar-refractivity contribution in [2.45, 2.75) is 31.1 Å². The molecule has 0 saturated carbocycles. The molecule has 0 aliphatic carbocycles. The monoisotopic (exact) mass is 341 g/mol. The van der Waals surface area contributed by atoms with Gasteiger partial charge in [-0.25, -0.2) is 8.42 Å². The molecule has 2 aromatic rings. The van der Waals surface area contributed by atoms with Crippen LogP contribution in [0.1, 0.15) is 29.6 Å². The highest BCUT2D eigenvalue weighted by Gasteiger charge is 2.36. The lowest BCUT2D eigenvalue weighted by atomic mass is 10.1. The minimum atomic E-state index is -3.54. The molecule has 1 atom stereocenters. The first-order valence-corrected chi connectivity index (χ1v) is 8.76. The molecule has 0 N–H and O–H groups in total. The molecule has 1 aliphatic rings. The first kappa shape index (κ1) is 15.5. The number of rotatable bonds is 3. The smallest absolute Gasteiger partial charge is 0.243 e. The maximum absolute atomic E-state index is 12.8. The highest BCUT2D eigenvalue weighted by Crippen LogP contribution is 2.31. The predicted octanol–water partition coefficient (Wildman–Crippen LogP) is 2.52. The quantitative estimate of drug-likeness (QED) is 0.857. The summed E-state index contributed by atoms with van der Waals surface area (Å²) >= 11 is 5.90. The highest BCUT2D eigenvalue weighted by atomic mass is 35.5. The Labute approximate surface area is 134 Å². The van der Waals surface area contributed by atoms with Crippen LogP contribution in [0, 0.1) is 13.8 Å². The fourth-order valence-corrected chi connectivity index (χ4v) is 4.60. The summed E-state index contributed by atoms with van der Waals surface area (Å²) in [6, 6.07) is 4.80. The van der Waals surface area contributed by atoms with Crippen LogP contribution in [0.2, 0.25) is 5.02 Å². The molecule has 2 heterocycles. The van der Waals surface area contributed by atoms with Gasteiger partial charge in [-0.3, -0.25) is 0 Å². The molecule has 0 spiro atoms. The summed E-state index contributed by atoms with van der Waals surface area (Å²) in [5, 5.41) is 4.29. The maximum Gasteiger partial charge on any atom is 0.243 e. The minimum Gasteiger partial charge on any atom is -0.339 e. The van der Waals surface area contributed by atoms with Gasteiger partial charge < -0.3 is 4.52 Å². The lowest BCUT2D eigenvalue weighted by molar-refractivity contribution is 0.351. The Balaban J connectivity index is 1.85. The third-order valence-corrected chi connectivity index (χ3v) is 6.06.